The van der Waals surface area contributed by atoms with Gasteiger partial charge in [0, 0.05) is 24.9 Å². The van der Waals surface area contributed by atoms with Crippen molar-refractivity contribution in [1.29, 1.82) is 5.26 Å². The molecule has 1 N–H and O–H groups in total. The second-order valence-electron chi connectivity index (χ2n) is 6.71. The molecule has 2 atom stereocenters. The lowest BCUT2D eigenvalue weighted by atomic mass is 10.0. The van der Waals surface area contributed by atoms with Crippen molar-refractivity contribution >= 4 is 34.9 Å². The Balaban J connectivity index is 1.51. The summed E-state index contributed by atoms with van der Waals surface area (Å²) in [5.41, 5.74) is 0.853. The van der Waals surface area contributed by atoms with Crippen molar-refractivity contribution in [2.45, 2.75) is 43.9 Å². The zero-order valence-corrected chi connectivity index (χ0v) is 15.7. The molecule has 4 rings (SSSR count). The number of benzene rings is 1. The third kappa shape index (κ3) is 3.65. The van der Waals surface area contributed by atoms with Gasteiger partial charge in [0.1, 0.15) is 12.4 Å². The van der Waals surface area contributed by atoms with E-state index in [0.29, 0.717) is 16.3 Å². The van der Waals surface area contributed by atoms with E-state index in [4.69, 9.17) is 33.4 Å². The fraction of sp³-hybridized carbons (Fsp3) is 0.389. The van der Waals surface area contributed by atoms with Gasteiger partial charge in [-0.15, -0.1) is 0 Å². The summed E-state index contributed by atoms with van der Waals surface area (Å²) in [6.45, 7) is 0. The van der Waals surface area contributed by atoms with E-state index in [0.717, 1.165) is 25.7 Å². The van der Waals surface area contributed by atoms with Gasteiger partial charge in [0.25, 0.3) is 5.88 Å². The summed E-state index contributed by atoms with van der Waals surface area (Å²) >= 11 is 12.4. The summed E-state index contributed by atoms with van der Waals surface area (Å²) in [7, 11) is 0. The van der Waals surface area contributed by atoms with Crippen LogP contribution in [0.5, 0.6) is 5.88 Å². The maximum absolute atomic E-state index is 14.8. The van der Waals surface area contributed by atoms with Gasteiger partial charge in [-0.1, -0.05) is 11.6 Å². The molecule has 6 nitrogen and oxygen atoms in total. The minimum absolute atomic E-state index is 0.0376. The highest BCUT2D eigenvalue weighted by Gasteiger charge is 2.41. The highest BCUT2D eigenvalue weighted by molar-refractivity contribution is 6.33. The summed E-state index contributed by atoms with van der Waals surface area (Å²) in [5.74, 6) is -0.812. The molecule has 2 saturated heterocycles. The lowest BCUT2D eigenvalue weighted by molar-refractivity contribution is 0.0892. The van der Waals surface area contributed by atoms with Gasteiger partial charge in [-0.2, -0.15) is 14.6 Å². The Labute approximate surface area is 166 Å². The van der Waals surface area contributed by atoms with E-state index in [1.54, 1.807) is 12.1 Å². The van der Waals surface area contributed by atoms with Crippen LogP contribution in [-0.4, -0.2) is 32.6 Å². The SMILES string of the molecule is N#Cc1ccc(Nc2ncnc(OC3CC4CCC(C3)N4Cl)c2F)c(Cl)c1. The second kappa shape index (κ2) is 7.47. The van der Waals surface area contributed by atoms with E-state index in [9.17, 15) is 4.39 Å². The van der Waals surface area contributed by atoms with Crippen molar-refractivity contribution in [3.05, 3.63) is 40.9 Å². The Morgan fingerprint density at radius 3 is 2.67 bits per heavy atom. The van der Waals surface area contributed by atoms with Crippen molar-refractivity contribution in [1.82, 2.24) is 14.4 Å². The van der Waals surface area contributed by atoms with Gasteiger partial charge in [0.05, 0.1) is 22.3 Å². The molecule has 0 saturated carbocycles. The van der Waals surface area contributed by atoms with Crippen LogP contribution < -0.4 is 10.1 Å². The number of nitrogens with one attached hydrogen (secondary N) is 1. The fourth-order valence-electron chi connectivity index (χ4n) is 3.66. The maximum Gasteiger partial charge on any atom is 0.256 e. The van der Waals surface area contributed by atoms with Crippen molar-refractivity contribution in [3.8, 4) is 11.9 Å². The number of nitriles is 1. The predicted molar refractivity (Wildman–Crippen MR) is 99.6 cm³/mol. The molecule has 3 heterocycles. The lowest BCUT2D eigenvalue weighted by Gasteiger charge is -2.33. The molecule has 2 aliphatic heterocycles. The Morgan fingerprint density at radius 1 is 1.26 bits per heavy atom. The highest BCUT2D eigenvalue weighted by atomic mass is 35.5. The molecule has 140 valence electrons. The average molecular weight is 408 g/mol. The van der Waals surface area contributed by atoms with Gasteiger partial charge in [0.2, 0.25) is 5.82 Å². The summed E-state index contributed by atoms with van der Waals surface area (Å²) < 4.78 is 22.5. The van der Waals surface area contributed by atoms with E-state index >= 15 is 0 Å². The standard InChI is InChI=1S/C18H16Cl2FN5O/c19-14-5-10(8-22)1-4-15(14)25-17-16(21)18(24-9-23-17)27-13-6-11-2-3-12(7-13)26(11)20/h1,4-5,9,11-13H,2-3,6-7H2,(H,23,24,25). The van der Waals surface area contributed by atoms with Crippen molar-refractivity contribution < 1.29 is 9.13 Å². The molecule has 2 unspecified atom stereocenters. The van der Waals surface area contributed by atoms with E-state index in [2.05, 4.69) is 15.3 Å². The minimum atomic E-state index is -0.682. The number of ether oxygens (including phenoxy) is 1. The number of hydrogen-bond acceptors (Lipinski definition) is 6. The fourth-order valence-corrected chi connectivity index (χ4v) is 4.24. The van der Waals surface area contributed by atoms with Gasteiger partial charge in [-0.05, 0) is 42.8 Å². The quantitative estimate of drug-likeness (QED) is 0.756. The molecule has 1 aromatic heterocycles. The zero-order valence-electron chi connectivity index (χ0n) is 14.2. The maximum atomic E-state index is 14.8. The molecule has 2 fully saturated rings. The van der Waals surface area contributed by atoms with Gasteiger partial charge in [-0.25, -0.2) is 9.40 Å². The van der Waals surface area contributed by atoms with E-state index in [-0.39, 0.29) is 29.9 Å². The number of nitrogens with zero attached hydrogens (tertiary/aromatic N) is 4. The first-order valence-corrected chi connectivity index (χ1v) is 9.34. The van der Waals surface area contributed by atoms with Crippen LogP contribution in [0.2, 0.25) is 5.02 Å². The second-order valence-corrected chi connectivity index (χ2v) is 7.51. The molecule has 27 heavy (non-hydrogen) atoms. The largest absolute Gasteiger partial charge is 0.472 e. The number of fused-ring (bicyclic) bond motifs is 2. The molecule has 0 radical (unpaired) electrons. The molecule has 1 aromatic carbocycles. The molecule has 2 aromatic rings. The zero-order chi connectivity index (χ0) is 19.0. The van der Waals surface area contributed by atoms with E-state index < -0.39 is 5.82 Å². The Kier molecular flexibility index (Phi) is 5.04. The van der Waals surface area contributed by atoms with Gasteiger partial charge < -0.3 is 10.1 Å². The smallest absolute Gasteiger partial charge is 0.256 e. The summed E-state index contributed by atoms with van der Waals surface area (Å²) in [6.07, 6.45) is 4.66. The minimum Gasteiger partial charge on any atom is -0.472 e. The molecule has 2 aliphatic rings. The third-order valence-electron chi connectivity index (χ3n) is 4.99. The van der Waals surface area contributed by atoms with Crippen LogP contribution in [0.4, 0.5) is 15.9 Å². The normalized spacial score (nSPS) is 24.4. The van der Waals surface area contributed by atoms with Crippen molar-refractivity contribution in [2.24, 2.45) is 0 Å². The molecule has 2 bridgehead atoms. The monoisotopic (exact) mass is 407 g/mol. The lowest BCUT2D eigenvalue weighted by Crippen LogP contribution is -2.41. The van der Waals surface area contributed by atoms with Crippen molar-refractivity contribution in [3.63, 3.8) is 0 Å². The first kappa shape index (κ1) is 18.2. The van der Waals surface area contributed by atoms with Gasteiger partial charge in [-0.3, -0.25) is 0 Å². The molecule has 0 aliphatic carbocycles. The topological polar surface area (TPSA) is 74.1 Å². The Bertz CT molecular complexity index is 892. The number of aromatic nitrogens is 2. The summed E-state index contributed by atoms with van der Waals surface area (Å²) in [4.78, 5) is 7.88. The van der Waals surface area contributed by atoms with E-state index in [1.165, 1.54) is 12.4 Å². The molecule has 9 heteroatoms. The number of halogens is 3. The molecule has 0 amide bonds. The van der Waals surface area contributed by atoms with Crippen molar-refractivity contribution in [2.75, 3.05) is 5.32 Å². The van der Waals surface area contributed by atoms with Gasteiger partial charge >= 0.3 is 0 Å². The number of hydrogen-bond donors (Lipinski definition) is 1. The van der Waals surface area contributed by atoms with Gasteiger partial charge in [0.15, 0.2) is 5.82 Å². The van der Waals surface area contributed by atoms with Crippen LogP contribution in [0.25, 0.3) is 0 Å². The summed E-state index contributed by atoms with van der Waals surface area (Å²) in [6, 6.07) is 7.19. The predicted octanol–water partition coefficient (Wildman–Crippen LogP) is 4.41. The molecular weight excluding hydrogens is 392 g/mol. The molecular formula is C18H16Cl2FN5O. The average Bonchev–Trinajstić information content (AvgIpc) is 2.87. The van der Waals surface area contributed by atoms with Crippen LogP contribution in [0.15, 0.2) is 24.5 Å². The summed E-state index contributed by atoms with van der Waals surface area (Å²) in [5, 5.41) is 12.0. The Morgan fingerprint density at radius 2 is 2.00 bits per heavy atom. The van der Waals surface area contributed by atoms with Crippen LogP contribution in [0, 0.1) is 17.1 Å². The number of anilines is 2. The first-order chi connectivity index (χ1) is 13.0. The van der Waals surface area contributed by atoms with Crippen LogP contribution in [0.3, 0.4) is 0 Å². The van der Waals surface area contributed by atoms with E-state index in [1.807, 2.05) is 10.5 Å². The highest BCUT2D eigenvalue weighted by Crippen LogP contribution is 2.39. The Hall–Kier alpha value is -2.14. The molecule has 0 spiro atoms. The first-order valence-electron chi connectivity index (χ1n) is 8.63. The van der Waals surface area contributed by atoms with Crippen LogP contribution in [-0.2, 0) is 0 Å². The number of rotatable bonds is 4. The third-order valence-corrected chi connectivity index (χ3v) is 5.85. The van der Waals surface area contributed by atoms with Crippen LogP contribution in [0.1, 0.15) is 31.2 Å². The van der Waals surface area contributed by atoms with Crippen LogP contribution >= 0.6 is 23.4 Å². The number of piperidine rings is 1.